The molecular weight excluding hydrogens is 373 g/mol. The van der Waals surface area contributed by atoms with Gasteiger partial charge in [0, 0.05) is 0 Å². The maximum atomic E-state index is 12.8. The summed E-state index contributed by atoms with van der Waals surface area (Å²) in [6.07, 6.45) is -5.37. The molecule has 0 bridgehead atoms. The number of benzene rings is 2. The molecule has 2 aromatic rings. The Hall–Kier alpha value is -2.26. The Balaban J connectivity index is 1.68. The summed E-state index contributed by atoms with van der Waals surface area (Å²) in [6.45, 7) is 1.39. The van der Waals surface area contributed by atoms with Gasteiger partial charge in [0.25, 0.3) is 10.1 Å². The lowest BCUT2D eigenvalue weighted by Crippen LogP contribution is -2.34. The standard InChI is InChI=1S/C17H15F3O5S/c1-11-2-5-14(6-3-11)26(21,22)24-10-13-9-23-15-7-4-12(17(18,19)20)8-16(15)25-13/h2-8,13H,9-10H2,1H3/t13-/m1/s1. The molecule has 2 aromatic carbocycles. The molecule has 0 aliphatic carbocycles. The first-order chi connectivity index (χ1) is 12.1. The van der Waals surface area contributed by atoms with E-state index < -0.39 is 28.0 Å². The third-order valence-corrected chi connectivity index (χ3v) is 5.00. The zero-order valence-electron chi connectivity index (χ0n) is 13.6. The lowest BCUT2D eigenvalue weighted by Gasteiger charge is -2.26. The number of hydrogen-bond acceptors (Lipinski definition) is 5. The van der Waals surface area contributed by atoms with Gasteiger partial charge in [0.05, 0.1) is 10.5 Å². The molecular formula is C17H15F3O5S. The minimum atomic E-state index is -4.52. The second-order valence-corrected chi connectivity index (χ2v) is 7.38. The smallest absolute Gasteiger partial charge is 0.416 e. The quantitative estimate of drug-likeness (QED) is 0.750. The van der Waals surface area contributed by atoms with Gasteiger partial charge in [0.15, 0.2) is 17.6 Å². The summed E-state index contributed by atoms with van der Waals surface area (Å²) in [5.74, 6) is 0.0584. The van der Waals surface area contributed by atoms with Gasteiger partial charge in [-0.25, -0.2) is 0 Å². The minimum Gasteiger partial charge on any atom is -0.486 e. The first-order valence-corrected chi connectivity index (χ1v) is 9.03. The molecule has 1 aliphatic heterocycles. The predicted octanol–water partition coefficient (Wildman–Crippen LogP) is 3.56. The number of ether oxygens (including phenoxy) is 2. The number of alkyl halides is 3. The van der Waals surface area contributed by atoms with Crippen LogP contribution in [0.25, 0.3) is 0 Å². The average molecular weight is 388 g/mol. The molecule has 0 unspecified atom stereocenters. The van der Waals surface area contributed by atoms with Crippen LogP contribution in [0.4, 0.5) is 13.2 Å². The Morgan fingerprint density at radius 1 is 1.12 bits per heavy atom. The molecule has 0 N–H and O–H groups in total. The lowest BCUT2D eigenvalue weighted by molar-refractivity contribution is -0.137. The molecule has 0 spiro atoms. The number of aryl methyl sites for hydroxylation is 1. The van der Waals surface area contributed by atoms with Crippen LogP contribution in [0, 0.1) is 6.92 Å². The van der Waals surface area contributed by atoms with Crippen LogP contribution in [-0.2, 0) is 20.5 Å². The van der Waals surface area contributed by atoms with Crippen molar-refractivity contribution in [2.24, 2.45) is 0 Å². The third-order valence-electron chi connectivity index (χ3n) is 3.71. The van der Waals surface area contributed by atoms with Crippen LogP contribution in [-0.4, -0.2) is 27.7 Å². The van der Waals surface area contributed by atoms with Crippen LogP contribution in [0.1, 0.15) is 11.1 Å². The normalized spacial score (nSPS) is 17.2. The fraction of sp³-hybridized carbons (Fsp3) is 0.294. The van der Waals surface area contributed by atoms with Crippen molar-refractivity contribution in [2.45, 2.75) is 24.1 Å². The molecule has 9 heteroatoms. The van der Waals surface area contributed by atoms with Gasteiger partial charge in [-0.05, 0) is 37.3 Å². The van der Waals surface area contributed by atoms with Gasteiger partial charge in [-0.3, -0.25) is 4.18 Å². The Morgan fingerprint density at radius 2 is 1.81 bits per heavy atom. The minimum absolute atomic E-state index is 0.0143. The van der Waals surface area contributed by atoms with Crippen molar-refractivity contribution in [1.82, 2.24) is 0 Å². The summed E-state index contributed by atoms with van der Waals surface area (Å²) in [4.78, 5) is -0.0143. The Labute approximate surface area is 148 Å². The lowest BCUT2D eigenvalue weighted by atomic mass is 10.2. The highest BCUT2D eigenvalue weighted by molar-refractivity contribution is 7.86. The largest absolute Gasteiger partial charge is 0.486 e. The van der Waals surface area contributed by atoms with Crippen molar-refractivity contribution in [3.63, 3.8) is 0 Å². The highest BCUT2D eigenvalue weighted by atomic mass is 32.2. The Morgan fingerprint density at radius 3 is 2.46 bits per heavy atom. The first-order valence-electron chi connectivity index (χ1n) is 7.62. The predicted molar refractivity (Wildman–Crippen MR) is 85.7 cm³/mol. The van der Waals surface area contributed by atoms with E-state index >= 15 is 0 Å². The van der Waals surface area contributed by atoms with E-state index in [4.69, 9.17) is 13.7 Å². The maximum Gasteiger partial charge on any atom is 0.416 e. The molecule has 5 nitrogen and oxygen atoms in total. The first kappa shape index (κ1) is 18.5. The molecule has 0 amide bonds. The second kappa shape index (κ2) is 6.81. The molecule has 26 heavy (non-hydrogen) atoms. The molecule has 1 atom stereocenters. The zero-order valence-corrected chi connectivity index (χ0v) is 14.4. The van der Waals surface area contributed by atoms with Gasteiger partial charge in [0.1, 0.15) is 13.2 Å². The maximum absolute atomic E-state index is 12.8. The SMILES string of the molecule is Cc1ccc(S(=O)(=O)OC[C@H]2COc3ccc(C(F)(F)F)cc3O2)cc1. The van der Waals surface area contributed by atoms with Crippen LogP contribution in [0.3, 0.4) is 0 Å². The summed E-state index contributed by atoms with van der Waals surface area (Å²) < 4.78 is 78.3. The summed E-state index contributed by atoms with van der Waals surface area (Å²) >= 11 is 0. The molecule has 0 fully saturated rings. The highest BCUT2D eigenvalue weighted by Crippen LogP contribution is 2.38. The fourth-order valence-corrected chi connectivity index (χ4v) is 3.25. The van der Waals surface area contributed by atoms with E-state index in [0.29, 0.717) is 0 Å². The van der Waals surface area contributed by atoms with Crippen molar-refractivity contribution in [3.8, 4) is 11.5 Å². The molecule has 0 saturated heterocycles. The second-order valence-electron chi connectivity index (χ2n) is 5.76. The zero-order chi connectivity index (χ0) is 18.9. The fourth-order valence-electron chi connectivity index (χ4n) is 2.31. The van der Waals surface area contributed by atoms with Crippen LogP contribution in [0.2, 0.25) is 0 Å². The third kappa shape index (κ3) is 4.10. The van der Waals surface area contributed by atoms with E-state index in [1.165, 1.54) is 12.1 Å². The van der Waals surface area contributed by atoms with Crippen molar-refractivity contribution in [3.05, 3.63) is 53.6 Å². The van der Waals surface area contributed by atoms with E-state index in [9.17, 15) is 21.6 Å². The summed E-state index contributed by atoms with van der Waals surface area (Å²) in [6, 6.07) is 8.95. The van der Waals surface area contributed by atoms with Gasteiger partial charge < -0.3 is 9.47 Å². The van der Waals surface area contributed by atoms with Gasteiger partial charge >= 0.3 is 6.18 Å². The van der Waals surface area contributed by atoms with Gasteiger partial charge in [-0.1, -0.05) is 17.7 Å². The van der Waals surface area contributed by atoms with E-state index in [1.54, 1.807) is 12.1 Å². The summed E-state index contributed by atoms with van der Waals surface area (Å²) in [7, 11) is -4.00. The molecule has 0 saturated carbocycles. The van der Waals surface area contributed by atoms with Crippen LogP contribution < -0.4 is 9.47 Å². The summed E-state index contributed by atoms with van der Waals surface area (Å²) in [5.41, 5.74) is 0.0127. The van der Waals surface area contributed by atoms with Crippen molar-refractivity contribution in [2.75, 3.05) is 13.2 Å². The number of halogens is 3. The molecule has 1 aliphatic rings. The van der Waals surface area contributed by atoms with Gasteiger partial charge in [-0.2, -0.15) is 21.6 Å². The van der Waals surface area contributed by atoms with Crippen molar-refractivity contribution < 1.29 is 35.2 Å². The highest BCUT2D eigenvalue weighted by Gasteiger charge is 2.33. The molecule has 3 rings (SSSR count). The van der Waals surface area contributed by atoms with E-state index in [2.05, 4.69) is 0 Å². The molecule has 140 valence electrons. The van der Waals surface area contributed by atoms with Crippen molar-refractivity contribution in [1.29, 1.82) is 0 Å². The van der Waals surface area contributed by atoms with Crippen LogP contribution in [0.15, 0.2) is 47.4 Å². The van der Waals surface area contributed by atoms with E-state index in [-0.39, 0.29) is 29.6 Å². The van der Waals surface area contributed by atoms with Gasteiger partial charge in [-0.15, -0.1) is 0 Å². The van der Waals surface area contributed by atoms with Crippen LogP contribution >= 0.6 is 0 Å². The number of rotatable bonds is 4. The van der Waals surface area contributed by atoms with Gasteiger partial charge in [0.2, 0.25) is 0 Å². The van der Waals surface area contributed by atoms with Crippen molar-refractivity contribution >= 4 is 10.1 Å². The van der Waals surface area contributed by atoms with E-state index in [1.807, 2.05) is 6.92 Å². The number of hydrogen-bond donors (Lipinski definition) is 0. The Kier molecular flexibility index (Phi) is 4.85. The number of fused-ring (bicyclic) bond motifs is 1. The van der Waals surface area contributed by atoms with Crippen LogP contribution in [0.5, 0.6) is 11.5 Å². The van der Waals surface area contributed by atoms with E-state index in [0.717, 1.165) is 23.8 Å². The topological polar surface area (TPSA) is 61.8 Å². The average Bonchev–Trinajstić information content (AvgIpc) is 2.59. The molecule has 0 aromatic heterocycles. The summed E-state index contributed by atoms with van der Waals surface area (Å²) in [5, 5.41) is 0. The Bertz CT molecular complexity index is 892. The molecule has 1 heterocycles. The molecule has 0 radical (unpaired) electrons. The monoisotopic (exact) mass is 388 g/mol.